The standard InChI is InChI=1S/C38H24OS/c1-2-7-25(8-3-1)26-13-15-27(16-14-26)28-17-19-29(20-18-28)36-21-22-37(40-36)31-23-30-9-6-12-35-38(30)33(24-31)32-10-4-5-11-34(32)39-35/h1-24H. The van der Waals surface area contributed by atoms with Crippen LogP contribution in [0, 0.1) is 0 Å². The zero-order valence-electron chi connectivity index (χ0n) is 21.7. The minimum atomic E-state index is 0.918. The van der Waals surface area contributed by atoms with Gasteiger partial charge in [0.2, 0.25) is 0 Å². The van der Waals surface area contributed by atoms with Gasteiger partial charge in [0.1, 0.15) is 11.5 Å². The maximum atomic E-state index is 6.23. The molecule has 0 spiro atoms. The maximum absolute atomic E-state index is 6.23. The quantitative estimate of drug-likeness (QED) is 0.221. The van der Waals surface area contributed by atoms with E-state index in [9.17, 15) is 0 Å². The summed E-state index contributed by atoms with van der Waals surface area (Å²) in [5, 5.41) is 2.39. The second-order valence-corrected chi connectivity index (χ2v) is 11.2. The second-order valence-electron chi connectivity index (χ2n) is 10.2. The predicted molar refractivity (Wildman–Crippen MR) is 169 cm³/mol. The number of thiophene rings is 1. The first-order valence-corrected chi connectivity index (χ1v) is 14.3. The Hall–Kier alpha value is -4.92. The molecule has 0 unspecified atom stereocenters. The Morgan fingerprint density at radius 3 is 1.68 bits per heavy atom. The minimum Gasteiger partial charge on any atom is -0.456 e. The molecule has 0 saturated carbocycles. The van der Waals surface area contributed by atoms with Crippen LogP contribution < -0.4 is 4.74 Å². The van der Waals surface area contributed by atoms with Crippen LogP contribution >= 0.6 is 11.3 Å². The summed E-state index contributed by atoms with van der Waals surface area (Å²) in [5.41, 5.74) is 9.80. The summed E-state index contributed by atoms with van der Waals surface area (Å²) in [5.74, 6) is 1.85. The van der Waals surface area contributed by atoms with Gasteiger partial charge in [0.25, 0.3) is 0 Å². The average molecular weight is 529 g/mol. The molecule has 2 heterocycles. The highest BCUT2D eigenvalue weighted by Gasteiger charge is 2.21. The molecular weight excluding hydrogens is 504 g/mol. The third kappa shape index (κ3) is 3.93. The van der Waals surface area contributed by atoms with E-state index >= 15 is 0 Å². The molecule has 8 rings (SSSR count). The number of benzene rings is 6. The molecule has 0 saturated heterocycles. The van der Waals surface area contributed by atoms with Gasteiger partial charge in [-0.3, -0.25) is 0 Å². The van der Waals surface area contributed by atoms with Crippen molar-refractivity contribution in [3.63, 3.8) is 0 Å². The van der Waals surface area contributed by atoms with Crippen molar-refractivity contribution in [1.29, 1.82) is 0 Å². The van der Waals surface area contributed by atoms with E-state index in [0.717, 1.165) is 17.1 Å². The van der Waals surface area contributed by atoms with Gasteiger partial charge in [0.15, 0.2) is 0 Å². The molecule has 2 heteroatoms. The first-order chi connectivity index (χ1) is 19.8. The summed E-state index contributed by atoms with van der Waals surface area (Å²) < 4.78 is 6.23. The lowest BCUT2D eigenvalue weighted by molar-refractivity contribution is 0.487. The minimum absolute atomic E-state index is 0.918. The van der Waals surface area contributed by atoms with Crippen LogP contribution in [0.15, 0.2) is 146 Å². The highest BCUT2D eigenvalue weighted by atomic mass is 32.1. The van der Waals surface area contributed by atoms with Gasteiger partial charge in [-0.1, -0.05) is 109 Å². The van der Waals surface area contributed by atoms with Crippen LogP contribution in [0.25, 0.3) is 65.0 Å². The van der Waals surface area contributed by atoms with Crippen LogP contribution in [0.2, 0.25) is 0 Å². The third-order valence-corrected chi connectivity index (χ3v) is 8.90. The molecule has 188 valence electrons. The lowest BCUT2D eigenvalue weighted by atomic mass is 9.92. The fraction of sp³-hybridized carbons (Fsp3) is 0. The first kappa shape index (κ1) is 23.0. The van der Waals surface area contributed by atoms with E-state index in [0.29, 0.717) is 0 Å². The van der Waals surface area contributed by atoms with Crippen molar-refractivity contribution in [2.45, 2.75) is 0 Å². The Morgan fingerprint density at radius 2 is 0.950 bits per heavy atom. The molecule has 0 fully saturated rings. The number of fused-ring (bicyclic) bond motifs is 2. The highest BCUT2D eigenvalue weighted by molar-refractivity contribution is 7.18. The molecule has 0 radical (unpaired) electrons. The second kappa shape index (κ2) is 9.37. The lowest BCUT2D eigenvalue weighted by Gasteiger charge is -2.21. The summed E-state index contributed by atoms with van der Waals surface area (Å²) in [6, 6.07) is 52.0. The number of rotatable bonds is 4. The summed E-state index contributed by atoms with van der Waals surface area (Å²) in [6.07, 6.45) is 0. The molecule has 1 nitrogen and oxygen atoms in total. The van der Waals surface area contributed by atoms with Crippen LogP contribution in [0.5, 0.6) is 11.5 Å². The monoisotopic (exact) mass is 528 g/mol. The van der Waals surface area contributed by atoms with Crippen LogP contribution in [-0.4, -0.2) is 0 Å². The topological polar surface area (TPSA) is 9.23 Å². The molecule has 0 aliphatic carbocycles. The average Bonchev–Trinajstić information content (AvgIpc) is 3.52. The van der Waals surface area contributed by atoms with E-state index in [-0.39, 0.29) is 0 Å². The predicted octanol–water partition coefficient (Wildman–Crippen LogP) is 11.3. The van der Waals surface area contributed by atoms with Gasteiger partial charge >= 0.3 is 0 Å². The molecule has 0 N–H and O–H groups in total. The van der Waals surface area contributed by atoms with Crippen molar-refractivity contribution >= 4 is 22.1 Å². The summed E-state index contributed by atoms with van der Waals surface area (Å²) >= 11 is 1.84. The van der Waals surface area contributed by atoms with Crippen LogP contribution in [-0.2, 0) is 0 Å². The Balaban J connectivity index is 1.11. The Morgan fingerprint density at radius 1 is 0.375 bits per heavy atom. The van der Waals surface area contributed by atoms with Crippen molar-refractivity contribution in [3.05, 3.63) is 146 Å². The fourth-order valence-electron chi connectivity index (χ4n) is 5.69. The molecule has 6 aromatic carbocycles. The Labute approximate surface area is 237 Å². The van der Waals surface area contributed by atoms with E-state index in [1.54, 1.807) is 0 Å². The largest absolute Gasteiger partial charge is 0.456 e. The number of ether oxygens (including phenoxy) is 1. The normalized spacial score (nSPS) is 11.7. The Bertz CT molecular complexity index is 2000. The summed E-state index contributed by atoms with van der Waals surface area (Å²) in [7, 11) is 0. The molecule has 1 aliphatic heterocycles. The van der Waals surface area contributed by atoms with Crippen LogP contribution in [0.3, 0.4) is 0 Å². The lowest BCUT2D eigenvalue weighted by Crippen LogP contribution is -1.97. The van der Waals surface area contributed by atoms with Crippen molar-refractivity contribution in [2.75, 3.05) is 0 Å². The van der Waals surface area contributed by atoms with Crippen molar-refractivity contribution in [2.24, 2.45) is 0 Å². The van der Waals surface area contributed by atoms with Crippen molar-refractivity contribution in [1.82, 2.24) is 0 Å². The molecule has 0 atom stereocenters. The molecule has 0 bridgehead atoms. The highest BCUT2D eigenvalue weighted by Crippen LogP contribution is 2.48. The number of hydrogen-bond acceptors (Lipinski definition) is 2. The van der Waals surface area contributed by atoms with Gasteiger partial charge in [0, 0.05) is 20.7 Å². The van der Waals surface area contributed by atoms with Crippen molar-refractivity contribution < 1.29 is 4.74 Å². The zero-order valence-corrected chi connectivity index (χ0v) is 22.5. The number of para-hydroxylation sites is 1. The first-order valence-electron chi connectivity index (χ1n) is 13.5. The van der Waals surface area contributed by atoms with Crippen LogP contribution in [0.1, 0.15) is 0 Å². The fourth-order valence-corrected chi connectivity index (χ4v) is 6.69. The van der Waals surface area contributed by atoms with Gasteiger partial charge in [-0.15, -0.1) is 11.3 Å². The van der Waals surface area contributed by atoms with Crippen LogP contribution in [0.4, 0.5) is 0 Å². The summed E-state index contributed by atoms with van der Waals surface area (Å²) in [6.45, 7) is 0. The maximum Gasteiger partial charge on any atom is 0.135 e. The van der Waals surface area contributed by atoms with E-state index < -0.39 is 0 Å². The van der Waals surface area contributed by atoms with Gasteiger partial charge < -0.3 is 4.74 Å². The van der Waals surface area contributed by atoms with Gasteiger partial charge in [0.05, 0.1) is 0 Å². The molecule has 1 aliphatic rings. The molecular formula is C38H24OS. The zero-order chi connectivity index (χ0) is 26.5. The Kier molecular flexibility index (Phi) is 5.39. The van der Waals surface area contributed by atoms with E-state index in [1.165, 1.54) is 59.5 Å². The summed E-state index contributed by atoms with van der Waals surface area (Å²) in [4.78, 5) is 2.54. The van der Waals surface area contributed by atoms with Gasteiger partial charge in [-0.2, -0.15) is 0 Å². The molecule has 7 aromatic rings. The number of hydrogen-bond donors (Lipinski definition) is 0. The molecule has 40 heavy (non-hydrogen) atoms. The molecule has 1 aromatic heterocycles. The third-order valence-electron chi connectivity index (χ3n) is 7.72. The van der Waals surface area contributed by atoms with E-state index in [1.807, 2.05) is 23.5 Å². The van der Waals surface area contributed by atoms with E-state index in [4.69, 9.17) is 4.74 Å². The van der Waals surface area contributed by atoms with Crippen molar-refractivity contribution in [3.8, 4) is 65.8 Å². The smallest absolute Gasteiger partial charge is 0.135 e. The van der Waals surface area contributed by atoms with E-state index in [2.05, 4.69) is 133 Å². The van der Waals surface area contributed by atoms with Gasteiger partial charge in [-0.05, 0) is 80.7 Å². The SMILES string of the molecule is c1ccc(-c2ccc(-c3ccc(-c4ccc(-c5cc6c7c(cccc7c5)Oc5ccccc5-6)s4)cc3)cc2)cc1. The van der Waals surface area contributed by atoms with Gasteiger partial charge in [-0.25, -0.2) is 0 Å². The molecule has 0 amide bonds.